The van der Waals surface area contributed by atoms with Crippen molar-refractivity contribution < 1.29 is 14.8 Å². The molecular formula is C15H14BrNO4. The third kappa shape index (κ3) is 3.59. The molecule has 0 saturated carbocycles. The van der Waals surface area contributed by atoms with Crippen LogP contribution < -0.4 is 4.74 Å². The van der Waals surface area contributed by atoms with E-state index in [9.17, 15) is 15.2 Å². The second-order valence-corrected chi connectivity index (χ2v) is 5.60. The average Bonchev–Trinajstić information content (AvgIpc) is 2.40. The van der Waals surface area contributed by atoms with E-state index >= 15 is 0 Å². The Morgan fingerprint density at radius 1 is 1.24 bits per heavy atom. The summed E-state index contributed by atoms with van der Waals surface area (Å²) in [6.45, 7) is 3.39. The largest absolute Gasteiger partial charge is 0.450 e. The van der Waals surface area contributed by atoms with Crippen molar-refractivity contribution in [3.63, 3.8) is 0 Å². The fraction of sp³-hybridized carbons (Fsp3) is 0.200. The highest BCUT2D eigenvalue weighted by molar-refractivity contribution is 9.10. The van der Waals surface area contributed by atoms with Crippen LogP contribution in [0.1, 0.15) is 24.2 Å². The maximum absolute atomic E-state index is 11.1. The molecule has 0 saturated heterocycles. The van der Waals surface area contributed by atoms with Crippen LogP contribution >= 0.6 is 15.9 Å². The number of nitro benzene ring substituents is 1. The Hall–Kier alpha value is -1.92. The third-order valence-corrected chi connectivity index (χ3v) is 3.45. The molecule has 0 fully saturated rings. The van der Waals surface area contributed by atoms with Gasteiger partial charge in [0, 0.05) is 16.1 Å². The molecule has 2 rings (SSSR count). The van der Waals surface area contributed by atoms with Gasteiger partial charge in [-0.2, -0.15) is 0 Å². The van der Waals surface area contributed by atoms with Crippen molar-refractivity contribution in [2.24, 2.45) is 0 Å². The molecule has 0 aliphatic carbocycles. The zero-order chi connectivity index (χ0) is 15.6. The lowest BCUT2D eigenvalue weighted by Gasteiger charge is -2.14. The summed E-state index contributed by atoms with van der Waals surface area (Å²) in [6, 6.07) is 9.91. The van der Waals surface area contributed by atoms with Gasteiger partial charge in [0.25, 0.3) is 0 Å². The summed E-state index contributed by atoms with van der Waals surface area (Å²) in [6.07, 6.45) is -0.738. The van der Waals surface area contributed by atoms with Gasteiger partial charge in [-0.3, -0.25) is 10.1 Å². The molecule has 1 atom stereocenters. The molecule has 0 aromatic heterocycles. The molecule has 2 aromatic carbocycles. The molecule has 0 radical (unpaired) electrons. The average molecular weight is 352 g/mol. The van der Waals surface area contributed by atoms with E-state index in [1.54, 1.807) is 44.2 Å². The molecule has 2 aromatic rings. The number of halogens is 1. The number of hydrogen-bond donors (Lipinski definition) is 1. The summed E-state index contributed by atoms with van der Waals surface area (Å²) in [4.78, 5) is 10.6. The molecule has 110 valence electrons. The predicted molar refractivity (Wildman–Crippen MR) is 82.7 cm³/mol. The Balaban J connectivity index is 2.47. The second-order valence-electron chi connectivity index (χ2n) is 4.69. The zero-order valence-corrected chi connectivity index (χ0v) is 13.1. The summed E-state index contributed by atoms with van der Waals surface area (Å²) in [5, 5.41) is 20.9. The van der Waals surface area contributed by atoms with E-state index in [2.05, 4.69) is 15.9 Å². The van der Waals surface area contributed by atoms with E-state index in [1.807, 2.05) is 0 Å². The van der Waals surface area contributed by atoms with Crippen molar-refractivity contribution in [2.45, 2.75) is 20.0 Å². The van der Waals surface area contributed by atoms with Crippen LogP contribution in [-0.2, 0) is 0 Å². The molecule has 1 unspecified atom stereocenters. The first-order chi connectivity index (χ1) is 9.88. The van der Waals surface area contributed by atoms with Gasteiger partial charge in [-0.05, 0) is 37.6 Å². The van der Waals surface area contributed by atoms with E-state index in [-0.39, 0.29) is 11.4 Å². The van der Waals surface area contributed by atoms with Crippen LogP contribution in [0.15, 0.2) is 40.9 Å². The van der Waals surface area contributed by atoms with E-state index in [0.717, 1.165) is 10.0 Å². The van der Waals surface area contributed by atoms with E-state index in [1.165, 1.54) is 6.07 Å². The highest BCUT2D eigenvalue weighted by atomic mass is 79.9. The van der Waals surface area contributed by atoms with E-state index in [4.69, 9.17) is 4.74 Å². The van der Waals surface area contributed by atoms with E-state index in [0.29, 0.717) is 11.3 Å². The van der Waals surface area contributed by atoms with Gasteiger partial charge in [0.15, 0.2) is 0 Å². The Bertz CT molecular complexity index is 685. The monoisotopic (exact) mass is 351 g/mol. The summed E-state index contributed by atoms with van der Waals surface area (Å²) in [5.41, 5.74) is 1.23. The van der Waals surface area contributed by atoms with Crippen LogP contribution in [0.2, 0.25) is 0 Å². The van der Waals surface area contributed by atoms with Crippen LogP contribution in [-0.4, -0.2) is 10.0 Å². The number of nitro groups is 1. The first-order valence-corrected chi connectivity index (χ1v) is 7.08. The lowest BCUT2D eigenvalue weighted by Crippen LogP contribution is -1.99. The molecule has 5 nitrogen and oxygen atoms in total. The smallest absolute Gasteiger partial charge is 0.311 e. The van der Waals surface area contributed by atoms with Crippen molar-refractivity contribution in [3.8, 4) is 11.5 Å². The van der Waals surface area contributed by atoms with Gasteiger partial charge in [0.05, 0.1) is 11.0 Å². The van der Waals surface area contributed by atoms with Gasteiger partial charge in [-0.25, -0.2) is 0 Å². The number of nitrogens with zero attached hydrogens (tertiary/aromatic N) is 1. The summed E-state index contributed by atoms with van der Waals surface area (Å²) < 4.78 is 6.43. The van der Waals surface area contributed by atoms with Crippen molar-refractivity contribution in [3.05, 3.63) is 62.1 Å². The molecule has 0 aliphatic rings. The molecule has 0 bridgehead atoms. The summed E-state index contributed by atoms with van der Waals surface area (Å²) in [7, 11) is 0. The molecule has 0 amide bonds. The van der Waals surface area contributed by atoms with Gasteiger partial charge < -0.3 is 9.84 Å². The van der Waals surface area contributed by atoms with Crippen LogP contribution in [0.25, 0.3) is 0 Å². The summed E-state index contributed by atoms with van der Waals surface area (Å²) in [5.74, 6) is 0.525. The Labute approximate surface area is 130 Å². The number of ether oxygens (including phenoxy) is 1. The fourth-order valence-electron chi connectivity index (χ4n) is 1.92. The normalized spacial score (nSPS) is 12.0. The Kier molecular flexibility index (Phi) is 4.59. The number of benzene rings is 2. The van der Waals surface area contributed by atoms with Gasteiger partial charge in [-0.15, -0.1) is 0 Å². The van der Waals surface area contributed by atoms with Gasteiger partial charge >= 0.3 is 5.69 Å². The maximum atomic E-state index is 11.1. The minimum atomic E-state index is -0.738. The van der Waals surface area contributed by atoms with Crippen molar-refractivity contribution >= 4 is 21.6 Å². The minimum Gasteiger partial charge on any atom is -0.450 e. The maximum Gasteiger partial charge on any atom is 0.311 e. The van der Waals surface area contributed by atoms with Gasteiger partial charge in [0.1, 0.15) is 5.75 Å². The highest BCUT2D eigenvalue weighted by Crippen LogP contribution is 2.36. The van der Waals surface area contributed by atoms with Crippen LogP contribution in [0.4, 0.5) is 5.69 Å². The van der Waals surface area contributed by atoms with Crippen LogP contribution in [0.3, 0.4) is 0 Å². The van der Waals surface area contributed by atoms with Crippen molar-refractivity contribution in [1.82, 2.24) is 0 Å². The molecule has 1 N–H and O–H groups in total. The predicted octanol–water partition coefficient (Wildman–Crippen LogP) is 4.51. The third-order valence-electron chi connectivity index (χ3n) is 2.96. The standard InChI is InChI=1S/C15H14BrNO4/c1-9-3-6-14(13(7-9)17(19)20)21-15-8-11(16)4-5-12(15)10(2)18/h3-8,10,18H,1-2H3. The lowest BCUT2D eigenvalue weighted by atomic mass is 10.1. The number of hydrogen-bond acceptors (Lipinski definition) is 4. The highest BCUT2D eigenvalue weighted by Gasteiger charge is 2.18. The quantitative estimate of drug-likeness (QED) is 0.649. The van der Waals surface area contributed by atoms with Crippen LogP contribution in [0, 0.1) is 17.0 Å². The number of aryl methyl sites for hydroxylation is 1. The molecule has 0 aliphatic heterocycles. The molecular weight excluding hydrogens is 338 g/mol. The molecule has 6 heteroatoms. The zero-order valence-electron chi connectivity index (χ0n) is 11.5. The molecule has 0 spiro atoms. The van der Waals surface area contributed by atoms with Crippen molar-refractivity contribution in [2.75, 3.05) is 0 Å². The minimum absolute atomic E-state index is 0.105. The van der Waals surface area contributed by atoms with E-state index < -0.39 is 11.0 Å². The van der Waals surface area contributed by atoms with Crippen LogP contribution in [0.5, 0.6) is 11.5 Å². The second kappa shape index (κ2) is 6.24. The molecule has 21 heavy (non-hydrogen) atoms. The first kappa shape index (κ1) is 15.5. The van der Waals surface area contributed by atoms with Crippen molar-refractivity contribution in [1.29, 1.82) is 0 Å². The Morgan fingerprint density at radius 2 is 1.95 bits per heavy atom. The summed E-state index contributed by atoms with van der Waals surface area (Å²) >= 11 is 3.32. The Morgan fingerprint density at radius 3 is 2.57 bits per heavy atom. The topological polar surface area (TPSA) is 72.6 Å². The lowest BCUT2D eigenvalue weighted by molar-refractivity contribution is -0.385. The van der Waals surface area contributed by atoms with Gasteiger partial charge in [-0.1, -0.05) is 28.1 Å². The SMILES string of the molecule is Cc1ccc(Oc2cc(Br)ccc2C(C)O)c([N+](=O)[O-])c1. The molecule has 0 heterocycles. The fourth-order valence-corrected chi connectivity index (χ4v) is 2.26. The first-order valence-electron chi connectivity index (χ1n) is 6.29. The number of aliphatic hydroxyl groups excluding tert-OH is 1. The number of rotatable bonds is 4. The van der Waals surface area contributed by atoms with Gasteiger partial charge in [0.2, 0.25) is 5.75 Å². The number of aliphatic hydroxyl groups is 1.